The van der Waals surface area contributed by atoms with E-state index in [1.807, 2.05) is 18.2 Å². The lowest BCUT2D eigenvalue weighted by atomic mass is 9.71. The lowest BCUT2D eigenvalue weighted by Crippen LogP contribution is -2.46. The SMILES string of the molecule is COc1ccc(Br)c(CN2CCN(CCC(c3ccccc3F)C(CN)C3CCCCC3)CC2)c1. The fraction of sp³-hybridized carbons (Fsp3) is 0.586. The summed E-state index contributed by atoms with van der Waals surface area (Å²) >= 11 is 3.69. The number of nitrogens with two attached hydrogens (primary N) is 1. The topological polar surface area (TPSA) is 41.7 Å². The van der Waals surface area contributed by atoms with Gasteiger partial charge in [-0.3, -0.25) is 4.90 Å². The van der Waals surface area contributed by atoms with E-state index in [1.54, 1.807) is 19.2 Å². The Kier molecular flexibility index (Phi) is 10.0. The highest BCUT2D eigenvalue weighted by molar-refractivity contribution is 9.10. The average Bonchev–Trinajstić information content (AvgIpc) is 2.90. The van der Waals surface area contributed by atoms with Crippen LogP contribution in [0.5, 0.6) is 5.75 Å². The summed E-state index contributed by atoms with van der Waals surface area (Å²) in [5.41, 5.74) is 8.50. The summed E-state index contributed by atoms with van der Waals surface area (Å²) in [7, 11) is 1.71. The van der Waals surface area contributed by atoms with Crippen LogP contribution in [-0.4, -0.2) is 56.2 Å². The summed E-state index contributed by atoms with van der Waals surface area (Å²) in [4.78, 5) is 5.06. The van der Waals surface area contributed by atoms with Crippen LogP contribution in [0.4, 0.5) is 4.39 Å². The maximum atomic E-state index is 14.9. The standard InChI is InChI=1S/C29H41BrFN3O/c1-35-24-11-12-28(30)23(19-24)21-34-17-15-33(16-18-34)14-13-25(26-9-5-6-10-29(26)31)27(20-32)22-7-3-2-4-8-22/h5-6,9-12,19,22,25,27H,2-4,7-8,13-18,20-21,32H2,1H3. The Bertz CT molecular complexity index is 928. The maximum Gasteiger partial charge on any atom is 0.126 e. The highest BCUT2D eigenvalue weighted by atomic mass is 79.9. The summed E-state index contributed by atoms with van der Waals surface area (Å²) in [5.74, 6) is 2.00. The number of piperazine rings is 1. The summed E-state index contributed by atoms with van der Waals surface area (Å²) in [5, 5.41) is 0. The van der Waals surface area contributed by atoms with Gasteiger partial charge in [-0.05, 0) is 72.7 Å². The van der Waals surface area contributed by atoms with Gasteiger partial charge < -0.3 is 15.4 Å². The molecule has 2 aromatic carbocycles. The Morgan fingerprint density at radius 2 is 1.74 bits per heavy atom. The number of halogens is 2. The van der Waals surface area contributed by atoms with Gasteiger partial charge in [0.1, 0.15) is 11.6 Å². The van der Waals surface area contributed by atoms with Crippen molar-refractivity contribution in [3.05, 3.63) is 63.9 Å². The zero-order valence-electron chi connectivity index (χ0n) is 21.1. The van der Waals surface area contributed by atoms with E-state index in [-0.39, 0.29) is 11.7 Å². The third-order valence-corrected chi connectivity index (χ3v) is 8.99. The number of nitrogens with zero attached hydrogens (tertiary/aromatic N) is 2. The van der Waals surface area contributed by atoms with Crippen molar-refractivity contribution in [1.29, 1.82) is 0 Å². The molecule has 2 aliphatic rings. The van der Waals surface area contributed by atoms with Crippen molar-refractivity contribution in [3.63, 3.8) is 0 Å². The Morgan fingerprint density at radius 3 is 2.43 bits per heavy atom. The lowest BCUT2D eigenvalue weighted by molar-refractivity contribution is 0.117. The first-order valence-electron chi connectivity index (χ1n) is 13.3. The normalized spacial score (nSPS) is 20.0. The van der Waals surface area contributed by atoms with Crippen LogP contribution in [0.3, 0.4) is 0 Å². The molecule has 0 aromatic heterocycles. The highest BCUT2D eigenvalue weighted by Gasteiger charge is 2.32. The molecule has 0 spiro atoms. The van der Waals surface area contributed by atoms with Gasteiger partial charge in [-0.15, -0.1) is 0 Å². The van der Waals surface area contributed by atoms with Crippen LogP contribution < -0.4 is 10.5 Å². The predicted molar refractivity (Wildman–Crippen MR) is 145 cm³/mol. The smallest absolute Gasteiger partial charge is 0.126 e. The molecule has 0 radical (unpaired) electrons. The first-order valence-corrected chi connectivity index (χ1v) is 14.1. The molecule has 2 aromatic rings. The number of hydrogen-bond acceptors (Lipinski definition) is 4. The lowest BCUT2D eigenvalue weighted by Gasteiger charge is -2.38. The van der Waals surface area contributed by atoms with Gasteiger partial charge in [-0.2, -0.15) is 0 Å². The van der Waals surface area contributed by atoms with Gasteiger partial charge in [0, 0.05) is 37.2 Å². The Balaban J connectivity index is 1.36. The van der Waals surface area contributed by atoms with Crippen molar-refractivity contribution in [3.8, 4) is 5.75 Å². The minimum Gasteiger partial charge on any atom is -0.497 e. The molecule has 2 unspecified atom stereocenters. The molecule has 4 rings (SSSR count). The monoisotopic (exact) mass is 545 g/mol. The maximum absolute atomic E-state index is 14.9. The second-order valence-electron chi connectivity index (χ2n) is 10.3. The fourth-order valence-corrected chi connectivity index (χ4v) is 6.53. The molecule has 1 saturated carbocycles. The van der Waals surface area contributed by atoms with E-state index in [0.717, 1.165) is 61.5 Å². The van der Waals surface area contributed by atoms with Crippen LogP contribution in [-0.2, 0) is 6.54 Å². The van der Waals surface area contributed by atoms with E-state index in [0.29, 0.717) is 18.4 Å². The number of rotatable bonds is 10. The Labute approximate surface area is 219 Å². The van der Waals surface area contributed by atoms with E-state index >= 15 is 0 Å². The van der Waals surface area contributed by atoms with Gasteiger partial charge in [-0.25, -0.2) is 4.39 Å². The number of methoxy groups -OCH3 is 1. The number of ether oxygens (including phenoxy) is 1. The van der Waals surface area contributed by atoms with Gasteiger partial charge in [0.25, 0.3) is 0 Å². The van der Waals surface area contributed by atoms with E-state index in [1.165, 1.54) is 37.7 Å². The van der Waals surface area contributed by atoms with Crippen LogP contribution in [0.25, 0.3) is 0 Å². The molecule has 6 heteroatoms. The van der Waals surface area contributed by atoms with Crippen LogP contribution >= 0.6 is 15.9 Å². The molecule has 1 saturated heterocycles. The van der Waals surface area contributed by atoms with Crippen LogP contribution in [0, 0.1) is 17.7 Å². The van der Waals surface area contributed by atoms with Crippen molar-refractivity contribution < 1.29 is 9.13 Å². The molecule has 1 heterocycles. The van der Waals surface area contributed by atoms with Gasteiger partial charge in [0.05, 0.1) is 7.11 Å². The zero-order chi connectivity index (χ0) is 24.6. The third kappa shape index (κ3) is 7.06. The molecule has 2 N–H and O–H groups in total. The summed E-state index contributed by atoms with van der Waals surface area (Å²) < 4.78 is 21.5. The van der Waals surface area contributed by atoms with Crippen LogP contribution in [0.1, 0.15) is 55.6 Å². The van der Waals surface area contributed by atoms with Gasteiger partial charge >= 0.3 is 0 Å². The van der Waals surface area contributed by atoms with E-state index < -0.39 is 0 Å². The zero-order valence-corrected chi connectivity index (χ0v) is 22.7. The second kappa shape index (κ2) is 13.2. The minimum atomic E-state index is -0.0690. The molecule has 1 aliphatic carbocycles. The summed E-state index contributed by atoms with van der Waals surface area (Å²) in [6, 6.07) is 13.6. The molecule has 35 heavy (non-hydrogen) atoms. The van der Waals surface area contributed by atoms with Crippen molar-refractivity contribution >= 4 is 15.9 Å². The largest absolute Gasteiger partial charge is 0.497 e. The molecule has 192 valence electrons. The fourth-order valence-electron chi connectivity index (χ4n) is 6.16. The second-order valence-corrected chi connectivity index (χ2v) is 11.1. The third-order valence-electron chi connectivity index (χ3n) is 8.22. The van der Waals surface area contributed by atoms with Crippen molar-refractivity contribution in [2.24, 2.45) is 17.6 Å². The molecule has 2 fully saturated rings. The molecule has 4 nitrogen and oxygen atoms in total. The Hall–Kier alpha value is -1.47. The van der Waals surface area contributed by atoms with Gasteiger partial charge in [0.15, 0.2) is 0 Å². The molecule has 0 amide bonds. The first kappa shape index (κ1) is 26.6. The van der Waals surface area contributed by atoms with Crippen molar-refractivity contribution in [2.75, 3.05) is 46.4 Å². The van der Waals surface area contributed by atoms with Gasteiger partial charge in [-0.1, -0.05) is 66.2 Å². The number of hydrogen-bond donors (Lipinski definition) is 1. The van der Waals surface area contributed by atoms with Crippen molar-refractivity contribution in [2.45, 2.75) is 51.0 Å². The van der Waals surface area contributed by atoms with Crippen LogP contribution in [0.15, 0.2) is 46.9 Å². The molecular formula is C29H41BrFN3O. The van der Waals surface area contributed by atoms with Crippen molar-refractivity contribution in [1.82, 2.24) is 9.80 Å². The Morgan fingerprint density at radius 1 is 1.03 bits per heavy atom. The number of benzene rings is 2. The molecule has 2 atom stereocenters. The summed E-state index contributed by atoms with van der Waals surface area (Å²) in [6.45, 7) is 6.73. The molecular weight excluding hydrogens is 505 g/mol. The average molecular weight is 547 g/mol. The molecule has 1 aliphatic heterocycles. The van der Waals surface area contributed by atoms with Gasteiger partial charge in [0.2, 0.25) is 0 Å². The summed E-state index contributed by atoms with van der Waals surface area (Å²) in [6.07, 6.45) is 7.36. The quantitative estimate of drug-likeness (QED) is 0.395. The van der Waals surface area contributed by atoms with Crippen LogP contribution in [0.2, 0.25) is 0 Å². The predicted octanol–water partition coefficient (Wildman–Crippen LogP) is 6.04. The van der Waals surface area contributed by atoms with E-state index in [4.69, 9.17) is 10.5 Å². The van der Waals surface area contributed by atoms with E-state index in [2.05, 4.69) is 37.9 Å². The first-order chi connectivity index (χ1) is 17.1. The highest BCUT2D eigenvalue weighted by Crippen LogP contribution is 2.40. The molecule has 0 bridgehead atoms. The minimum absolute atomic E-state index is 0.0690. The van der Waals surface area contributed by atoms with E-state index in [9.17, 15) is 4.39 Å².